The van der Waals surface area contributed by atoms with Crippen molar-refractivity contribution >= 4 is 11.9 Å². The van der Waals surface area contributed by atoms with Crippen molar-refractivity contribution < 1.29 is 34.8 Å². The molecule has 2 rings (SSSR count). The van der Waals surface area contributed by atoms with Crippen LogP contribution in [0.4, 0.5) is 0 Å². The summed E-state index contributed by atoms with van der Waals surface area (Å²) in [5.41, 5.74) is 2.32. The van der Waals surface area contributed by atoms with Gasteiger partial charge in [-0.2, -0.15) is 0 Å². The van der Waals surface area contributed by atoms with E-state index in [0.29, 0.717) is 17.7 Å². The maximum atomic E-state index is 10.9. The summed E-state index contributed by atoms with van der Waals surface area (Å²) >= 11 is 0. The highest BCUT2D eigenvalue weighted by atomic mass is 16.5. The van der Waals surface area contributed by atoms with Gasteiger partial charge >= 0.3 is 11.9 Å². The molecule has 0 aliphatic rings. The molecule has 4 N–H and O–H groups in total. The fraction of sp³-hybridized carbons (Fsp3) is 0.500. The van der Waals surface area contributed by atoms with Gasteiger partial charge in [-0.3, -0.25) is 0 Å². The van der Waals surface area contributed by atoms with Gasteiger partial charge in [0.2, 0.25) is 0 Å². The average molecular weight is 491 g/mol. The number of aliphatic hydroxyl groups is 2. The van der Waals surface area contributed by atoms with E-state index in [9.17, 15) is 9.59 Å². The van der Waals surface area contributed by atoms with E-state index in [1.54, 1.807) is 38.1 Å². The van der Waals surface area contributed by atoms with Crippen LogP contribution in [0.3, 0.4) is 0 Å². The van der Waals surface area contributed by atoms with Crippen molar-refractivity contribution in [2.45, 2.75) is 78.4 Å². The van der Waals surface area contributed by atoms with Gasteiger partial charge in [0.25, 0.3) is 0 Å². The molecule has 0 aromatic heterocycles. The van der Waals surface area contributed by atoms with Crippen molar-refractivity contribution in [3.05, 3.63) is 70.8 Å². The van der Waals surface area contributed by atoms with Gasteiger partial charge in [-0.1, -0.05) is 77.9 Å². The molecule has 0 radical (unpaired) electrons. The smallest absolute Gasteiger partial charge is 0.335 e. The first-order chi connectivity index (χ1) is 16.0. The van der Waals surface area contributed by atoms with Gasteiger partial charge in [-0.05, 0) is 47.9 Å². The van der Waals surface area contributed by atoms with E-state index in [4.69, 9.17) is 25.2 Å². The monoisotopic (exact) mass is 490 g/mol. The van der Waals surface area contributed by atoms with Gasteiger partial charge in [-0.15, -0.1) is 0 Å². The Balaban J connectivity index is 0.000000506. The average Bonchev–Trinajstić information content (AvgIpc) is 2.77. The number of aromatic carboxylic acids is 2. The van der Waals surface area contributed by atoms with Crippen LogP contribution in [-0.2, 0) is 15.6 Å². The number of hydrogen-bond donors (Lipinski definition) is 4. The minimum atomic E-state index is -0.856. The third kappa shape index (κ3) is 12.5. The number of carboxylic acid groups (broad SMARTS) is 2. The molecule has 2 atom stereocenters. The van der Waals surface area contributed by atoms with Gasteiger partial charge in [0, 0.05) is 0 Å². The molecule has 0 heterocycles. The second-order valence-corrected chi connectivity index (χ2v) is 10.4. The molecule has 2 unspecified atom stereocenters. The van der Waals surface area contributed by atoms with E-state index in [-0.39, 0.29) is 23.5 Å². The molecule has 0 amide bonds. The number of aliphatic hydroxyl groups excluding tert-OH is 2. The Labute approximate surface area is 209 Å². The molecule has 0 bridgehead atoms. The summed E-state index contributed by atoms with van der Waals surface area (Å²) in [5.74, 6) is -1.71. The molecule has 7 nitrogen and oxygen atoms in total. The van der Waals surface area contributed by atoms with Crippen molar-refractivity contribution in [3.63, 3.8) is 0 Å². The minimum Gasteiger partial charge on any atom is -0.478 e. The summed E-state index contributed by atoms with van der Waals surface area (Å²) in [6.07, 6.45) is -0.612. The van der Waals surface area contributed by atoms with Gasteiger partial charge in [0.05, 0.1) is 36.5 Å². The maximum absolute atomic E-state index is 10.9. The first kappa shape index (κ1) is 32.3. The quantitative estimate of drug-likeness (QED) is 0.442. The summed E-state index contributed by atoms with van der Waals surface area (Å²) in [7, 11) is 0. The van der Waals surface area contributed by atoms with E-state index < -0.39 is 18.0 Å². The van der Waals surface area contributed by atoms with Crippen molar-refractivity contribution in [1.82, 2.24) is 0 Å². The molecule has 0 saturated carbocycles. The molecule has 0 aliphatic heterocycles. The SMILES string of the molecule is CC(C)(C)c1ccccc1C(=O)O.CC(C)(C)c1ccccc1C(=O)O.CC(O)COC(C)CO. The number of ether oxygens (including phenoxy) is 1. The molecule has 0 saturated heterocycles. The number of carboxylic acids is 2. The lowest BCUT2D eigenvalue weighted by atomic mass is 9.84. The molecule has 35 heavy (non-hydrogen) atoms. The lowest BCUT2D eigenvalue weighted by molar-refractivity contribution is -0.0177. The molecule has 0 fully saturated rings. The lowest BCUT2D eigenvalue weighted by Gasteiger charge is -2.20. The van der Waals surface area contributed by atoms with Crippen LogP contribution in [0.5, 0.6) is 0 Å². The summed E-state index contributed by atoms with van der Waals surface area (Å²) in [6, 6.07) is 14.2. The van der Waals surface area contributed by atoms with Crippen LogP contribution in [0.15, 0.2) is 48.5 Å². The van der Waals surface area contributed by atoms with Gasteiger partial charge in [0.1, 0.15) is 0 Å². The molecule has 196 valence electrons. The Hall–Kier alpha value is -2.74. The highest BCUT2D eigenvalue weighted by Crippen LogP contribution is 2.26. The highest BCUT2D eigenvalue weighted by molar-refractivity contribution is 5.90. The van der Waals surface area contributed by atoms with Crippen LogP contribution in [-0.4, -0.2) is 57.8 Å². The molecule has 7 heteroatoms. The Kier molecular flexibility index (Phi) is 13.5. The largest absolute Gasteiger partial charge is 0.478 e. The number of carbonyl (C=O) groups is 2. The number of rotatable bonds is 6. The standard InChI is InChI=1S/2C11H14O2.C6H14O3/c2*1-11(2,3)9-7-5-4-6-8(9)10(12)13;1-5(8)4-9-6(2)3-7/h2*4-7H,1-3H3,(H,12,13);5-8H,3-4H2,1-2H3. The van der Waals surface area contributed by atoms with Crippen LogP contribution in [0.25, 0.3) is 0 Å². The Bertz CT molecular complexity index is 854. The van der Waals surface area contributed by atoms with Gasteiger partial charge in [-0.25, -0.2) is 9.59 Å². The van der Waals surface area contributed by atoms with Gasteiger partial charge < -0.3 is 25.2 Å². The fourth-order valence-electron chi connectivity index (χ4n) is 3.00. The normalized spacial score (nSPS) is 12.9. The first-order valence-electron chi connectivity index (χ1n) is 11.6. The van der Waals surface area contributed by atoms with E-state index in [1.165, 1.54) is 0 Å². The summed E-state index contributed by atoms with van der Waals surface area (Å²) in [4.78, 5) is 21.7. The van der Waals surface area contributed by atoms with Crippen molar-refractivity contribution in [2.24, 2.45) is 0 Å². The van der Waals surface area contributed by atoms with Crippen molar-refractivity contribution in [3.8, 4) is 0 Å². The first-order valence-corrected chi connectivity index (χ1v) is 11.6. The van der Waals surface area contributed by atoms with Crippen LogP contribution in [0.2, 0.25) is 0 Å². The minimum absolute atomic E-state index is 0.00667. The Morgan fingerprint density at radius 2 is 1.11 bits per heavy atom. The van der Waals surface area contributed by atoms with Crippen LogP contribution in [0, 0.1) is 0 Å². The molecule has 2 aromatic carbocycles. The topological polar surface area (TPSA) is 124 Å². The van der Waals surface area contributed by atoms with Crippen molar-refractivity contribution in [2.75, 3.05) is 13.2 Å². The lowest BCUT2D eigenvalue weighted by Crippen LogP contribution is -2.19. The molecular weight excluding hydrogens is 448 g/mol. The van der Waals surface area contributed by atoms with Crippen LogP contribution < -0.4 is 0 Å². The zero-order valence-electron chi connectivity index (χ0n) is 22.2. The van der Waals surface area contributed by atoms with E-state index >= 15 is 0 Å². The van der Waals surface area contributed by atoms with E-state index in [1.807, 2.05) is 65.8 Å². The predicted molar refractivity (Wildman–Crippen MR) is 138 cm³/mol. The Morgan fingerprint density at radius 3 is 1.34 bits per heavy atom. The fourth-order valence-corrected chi connectivity index (χ4v) is 3.00. The second-order valence-electron chi connectivity index (χ2n) is 10.4. The molecular formula is C28H42O7. The molecule has 2 aromatic rings. The Morgan fingerprint density at radius 1 is 0.771 bits per heavy atom. The van der Waals surface area contributed by atoms with Crippen molar-refractivity contribution in [1.29, 1.82) is 0 Å². The third-order valence-corrected chi connectivity index (χ3v) is 4.81. The maximum Gasteiger partial charge on any atom is 0.335 e. The highest BCUT2D eigenvalue weighted by Gasteiger charge is 2.21. The second kappa shape index (κ2) is 14.6. The van der Waals surface area contributed by atoms with Crippen LogP contribution >= 0.6 is 0 Å². The van der Waals surface area contributed by atoms with Gasteiger partial charge in [0.15, 0.2) is 0 Å². The summed E-state index contributed by atoms with van der Waals surface area (Å²) < 4.78 is 4.95. The van der Waals surface area contributed by atoms with E-state index in [0.717, 1.165) is 11.1 Å². The zero-order chi connectivity index (χ0) is 27.4. The molecule has 0 spiro atoms. The third-order valence-electron chi connectivity index (χ3n) is 4.81. The number of benzene rings is 2. The zero-order valence-corrected chi connectivity index (χ0v) is 22.2. The van der Waals surface area contributed by atoms with Crippen LogP contribution in [0.1, 0.15) is 87.2 Å². The summed E-state index contributed by atoms with van der Waals surface area (Å²) in [5, 5.41) is 35.0. The number of hydrogen-bond acceptors (Lipinski definition) is 5. The summed E-state index contributed by atoms with van der Waals surface area (Å²) in [6.45, 7) is 15.7. The predicted octanol–water partition coefficient (Wildman–Crippen LogP) is 5.13. The molecule has 0 aliphatic carbocycles. The van der Waals surface area contributed by atoms with E-state index in [2.05, 4.69) is 0 Å².